The number of aromatic nitrogens is 1. The first-order valence-corrected chi connectivity index (χ1v) is 11.3. The van der Waals surface area contributed by atoms with Gasteiger partial charge in [0.2, 0.25) is 0 Å². The lowest BCUT2D eigenvalue weighted by atomic mass is 10.0. The van der Waals surface area contributed by atoms with Crippen LogP contribution in [0.4, 0.5) is 0 Å². The first-order valence-electron chi connectivity index (χ1n) is 11.3. The number of hydrogen-bond acceptors (Lipinski definition) is 4. The molecule has 1 heterocycles. The van der Waals surface area contributed by atoms with Gasteiger partial charge in [0.05, 0.1) is 7.11 Å². The Morgan fingerprint density at radius 1 is 0.972 bits per heavy atom. The van der Waals surface area contributed by atoms with E-state index in [1.165, 1.54) is 6.08 Å². The highest BCUT2D eigenvalue weighted by Gasteiger charge is 2.24. The Morgan fingerprint density at radius 3 is 2.36 bits per heavy atom. The van der Waals surface area contributed by atoms with E-state index in [2.05, 4.69) is 15.6 Å². The highest BCUT2D eigenvalue weighted by molar-refractivity contribution is 6.06. The summed E-state index contributed by atoms with van der Waals surface area (Å²) >= 11 is 0. The van der Waals surface area contributed by atoms with Crippen molar-refractivity contribution in [2.45, 2.75) is 12.5 Å². The highest BCUT2D eigenvalue weighted by atomic mass is 16.5. The van der Waals surface area contributed by atoms with Crippen molar-refractivity contribution in [3.05, 3.63) is 107 Å². The summed E-state index contributed by atoms with van der Waals surface area (Å²) in [6, 6.07) is 21.6. The molecule has 0 bridgehead atoms. The van der Waals surface area contributed by atoms with Gasteiger partial charge in [-0.3, -0.25) is 9.59 Å². The summed E-state index contributed by atoms with van der Waals surface area (Å²) in [5, 5.41) is 15.9. The molecular formula is C28H25N3O5. The minimum Gasteiger partial charge on any atom is -0.497 e. The first kappa shape index (κ1) is 24.3. The number of carboxylic acids is 1. The molecule has 3 aromatic carbocycles. The highest BCUT2D eigenvalue weighted by Crippen LogP contribution is 2.19. The average molecular weight is 484 g/mol. The second-order valence-electron chi connectivity index (χ2n) is 8.08. The van der Waals surface area contributed by atoms with Crippen LogP contribution in [0.1, 0.15) is 21.5 Å². The fraction of sp³-hybridized carbons (Fsp3) is 0.107. The van der Waals surface area contributed by atoms with Crippen LogP contribution >= 0.6 is 0 Å². The summed E-state index contributed by atoms with van der Waals surface area (Å²) in [5.41, 5.74) is 2.53. The van der Waals surface area contributed by atoms with Gasteiger partial charge in [-0.2, -0.15) is 0 Å². The molecule has 0 unspecified atom stereocenters. The number of para-hydroxylation sites is 1. The zero-order chi connectivity index (χ0) is 25.5. The molecule has 4 N–H and O–H groups in total. The molecule has 0 saturated carbocycles. The number of ether oxygens (including phenoxy) is 1. The van der Waals surface area contributed by atoms with Crippen LogP contribution in [0.5, 0.6) is 5.75 Å². The number of H-pyrrole nitrogens is 1. The SMILES string of the molecule is COc1ccc(/C=C(\NC(=O)c2ccccc2)C(=O)N[C@@H](Cc2c[nH]c3ccccc23)C(=O)O)cc1. The Morgan fingerprint density at radius 2 is 1.67 bits per heavy atom. The standard InChI is InChI=1S/C28H25N3O5/c1-36-21-13-11-18(12-14-21)15-24(30-26(32)19-7-3-2-4-8-19)27(33)31-25(28(34)35)16-20-17-29-23-10-6-5-9-22(20)23/h2-15,17,25,29H,16H2,1H3,(H,30,32)(H,31,33)(H,34,35)/b24-15-/t25-/m0/s1. The number of hydrogen-bond donors (Lipinski definition) is 4. The van der Waals surface area contributed by atoms with Crippen molar-refractivity contribution in [2.24, 2.45) is 0 Å². The number of rotatable bonds is 9. The fourth-order valence-electron chi connectivity index (χ4n) is 3.77. The van der Waals surface area contributed by atoms with E-state index in [0.29, 0.717) is 16.9 Å². The van der Waals surface area contributed by atoms with Crippen molar-refractivity contribution in [1.29, 1.82) is 0 Å². The molecule has 1 atom stereocenters. The Kier molecular flexibility index (Phi) is 7.45. The molecule has 8 nitrogen and oxygen atoms in total. The number of methoxy groups -OCH3 is 1. The Labute approximate surface area is 207 Å². The number of nitrogens with one attached hydrogen (secondary N) is 3. The van der Waals surface area contributed by atoms with Crippen LogP contribution in [0, 0.1) is 0 Å². The van der Waals surface area contributed by atoms with E-state index < -0.39 is 23.8 Å². The van der Waals surface area contributed by atoms with Crippen LogP contribution in [0.25, 0.3) is 17.0 Å². The monoisotopic (exact) mass is 483 g/mol. The smallest absolute Gasteiger partial charge is 0.326 e. The van der Waals surface area contributed by atoms with Gasteiger partial charge in [-0.15, -0.1) is 0 Å². The largest absolute Gasteiger partial charge is 0.497 e. The quantitative estimate of drug-likeness (QED) is 0.270. The molecule has 0 aliphatic carbocycles. The summed E-state index contributed by atoms with van der Waals surface area (Å²) < 4.78 is 5.17. The number of benzene rings is 3. The lowest BCUT2D eigenvalue weighted by molar-refractivity contribution is -0.141. The predicted molar refractivity (Wildman–Crippen MR) is 136 cm³/mol. The maximum Gasteiger partial charge on any atom is 0.326 e. The number of carbonyl (C=O) groups is 3. The van der Waals surface area contributed by atoms with E-state index in [4.69, 9.17) is 4.74 Å². The van der Waals surface area contributed by atoms with Crippen LogP contribution in [-0.2, 0) is 16.0 Å². The first-order chi connectivity index (χ1) is 17.4. The molecule has 0 fully saturated rings. The number of aliphatic carboxylic acids is 1. The van der Waals surface area contributed by atoms with E-state index in [9.17, 15) is 19.5 Å². The van der Waals surface area contributed by atoms with Gasteiger partial charge in [-0.1, -0.05) is 48.5 Å². The van der Waals surface area contributed by atoms with E-state index in [1.54, 1.807) is 67.9 Å². The number of carbonyl (C=O) groups excluding carboxylic acids is 2. The fourth-order valence-corrected chi connectivity index (χ4v) is 3.77. The van der Waals surface area contributed by atoms with Crippen LogP contribution in [0.15, 0.2) is 90.8 Å². The Bertz CT molecular complexity index is 1410. The minimum absolute atomic E-state index is 0.0630. The molecule has 0 spiro atoms. The van der Waals surface area contributed by atoms with Gasteiger partial charge in [0.25, 0.3) is 11.8 Å². The second-order valence-corrected chi connectivity index (χ2v) is 8.08. The van der Waals surface area contributed by atoms with Crippen molar-refractivity contribution in [3.8, 4) is 5.75 Å². The summed E-state index contributed by atoms with van der Waals surface area (Å²) in [6.07, 6.45) is 3.28. The number of aromatic amines is 1. The third kappa shape index (κ3) is 5.79. The lowest BCUT2D eigenvalue weighted by Crippen LogP contribution is -2.45. The van der Waals surface area contributed by atoms with Gasteiger partial charge < -0.3 is 25.5 Å². The molecule has 0 radical (unpaired) electrons. The van der Waals surface area contributed by atoms with Crippen molar-refractivity contribution in [3.63, 3.8) is 0 Å². The van der Waals surface area contributed by atoms with Gasteiger partial charge in [0.15, 0.2) is 0 Å². The molecular weight excluding hydrogens is 458 g/mol. The normalized spacial score (nSPS) is 12.1. The Hall–Kier alpha value is -4.85. The number of amides is 2. The van der Waals surface area contributed by atoms with E-state index in [0.717, 1.165) is 16.5 Å². The van der Waals surface area contributed by atoms with Crippen LogP contribution in [-0.4, -0.2) is 41.0 Å². The van der Waals surface area contributed by atoms with Crippen molar-refractivity contribution < 1.29 is 24.2 Å². The van der Waals surface area contributed by atoms with Crippen LogP contribution in [0.2, 0.25) is 0 Å². The third-order valence-electron chi connectivity index (χ3n) is 5.66. The molecule has 8 heteroatoms. The summed E-state index contributed by atoms with van der Waals surface area (Å²) in [5.74, 6) is -1.76. The molecule has 0 aliphatic heterocycles. The molecule has 2 amide bonds. The maximum absolute atomic E-state index is 13.3. The van der Waals surface area contributed by atoms with Crippen molar-refractivity contribution >= 4 is 34.8 Å². The maximum atomic E-state index is 13.3. The minimum atomic E-state index is -1.22. The molecule has 1 aromatic heterocycles. The summed E-state index contributed by atoms with van der Waals surface area (Å²) in [4.78, 5) is 41.2. The van der Waals surface area contributed by atoms with Crippen LogP contribution in [0.3, 0.4) is 0 Å². The topological polar surface area (TPSA) is 121 Å². The van der Waals surface area contributed by atoms with Gasteiger partial charge in [0.1, 0.15) is 17.5 Å². The summed E-state index contributed by atoms with van der Waals surface area (Å²) in [6.45, 7) is 0. The molecule has 4 rings (SSSR count). The van der Waals surface area contributed by atoms with Gasteiger partial charge in [-0.05, 0) is 47.5 Å². The number of fused-ring (bicyclic) bond motifs is 1. The molecule has 4 aromatic rings. The molecule has 0 saturated heterocycles. The van der Waals surface area contributed by atoms with Crippen molar-refractivity contribution in [2.75, 3.05) is 7.11 Å². The van der Waals surface area contributed by atoms with Crippen LogP contribution < -0.4 is 15.4 Å². The third-order valence-corrected chi connectivity index (χ3v) is 5.66. The van der Waals surface area contributed by atoms with Gasteiger partial charge in [-0.25, -0.2) is 4.79 Å². The second kappa shape index (κ2) is 11.1. The zero-order valence-corrected chi connectivity index (χ0v) is 19.5. The van der Waals surface area contributed by atoms with E-state index in [1.807, 2.05) is 24.3 Å². The zero-order valence-electron chi connectivity index (χ0n) is 19.5. The predicted octanol–water partition coefficient (Wildman–Crippen LogP) is 3.76. The lowest BCUT2D eigenvalue weighted by Gasteiger charge is -2.17. The summed E-state index contributed by atoms with van der Waals surface area (Å²) in [7, 11) is 1.55. The average Bonchev–Trinajstić information content (AvgIpc) is 3.31. The Balaban J connectivity index is 1.59. The molecule has 182 valence electrons. The van der Waals surface area contributed by atoms with Gasteiger partial charge in [0, 0.05) is 29.1 Å². The van der Waals surface area contributed by atoms with E-state index >= 15 is 0 Å². The molecule has 0 aliphatic rings. The molecule has 36 heavy (non-hydrogen) atoms. The number of carboxylic acid groups (broad SMARTS) is 1. The van der Waals surface area contributed by atoms with E-state index in [-0.39, 0.29) is 12.1 Å². The van der Waals surface area contributed by atoms with Gasteiger partial charge >= 0.3 is 5.97 Å². The van der Waals surface area contributed by atoms with Crippen molar-refractivity contribution in [1.82, 2.24) is 15.6 Å².